The first-order valence-electron chi connectivity index (χ1n) is 6.26. The second kappa shape index (κ2) is 5.37. The molecule has 0 atom stereocenters. The van der Waals surface area contributed by atoms with E-state index in [2.05, 4.69) is 36.7 Å². The van der Waals surface area contributed by atoms with Gasteiger partial charge in [0.1, 0.15) is 23.0 Å². The summed E-state index contributed by atoms with van der Waals surface area (Å²) in [6.07, 6.45) is 0. The molecule has 0 bridgehead atoms. The van der Waals surface area contributed by atoms with Crippen molar-refractivity contribution in [1.82, 2.24) is 0 Å². The molecule has 0 heterocycles. The number of aromatic hydroxyl groups is 2. The molecule has 0 fully saturated rings. The summed E-state index contributed by atoms with van der Waals surface area (Å²) >= 11 is 3.55. The van der Waals surface area contributed by atoms with E-state index >= 15 is 0 Å². The summed E-state index contributed by atoms with van der Waals surface area (Å²) < 4.78 is 6.60. The number of rotatable bonds is 2. The van der Waals surface area contributed by atoms with Crippen LogP contribution < -0.4 is 4.74 Å². The molecular weight excluding hydrogens is 320 g/mol. The van der Waals surface area contributed by atoms with Crippen molar-refractivity contribution in [3.63, 3.8) is 0 Å². The zero-order chi connectivity index (χ0) is 14.9. The summed E-state index contributed by atoms with van der Waals surface area (Å²) in [5.74, 6) is 0.948. The molecule has 4 heteroatoms. The van der Waals surface area contributed by atoms with Gasteiger partial charge >= 0.3 is 0 Å². The molecule has 0 spiro atoms. The van der Waals surface area contributed by atoms with Crippen molar-refractivity contribution < 1.29 is 14.9 Å². The van der Waals surface area contributed by atoms with E-state index in [0.29, 0.717) is 11.5 Å². The van der Waals surface area contributed by atoms with Crippen LogP contribution in [0.2, 0.25) is 0 Å². The van der Waals surface area contributed by atoms with Gasteiger partial charge in [-0.2, -0.15) is 0 Å². The van der Waals surface area contributed by atoms with E-state index in [1.54, 1.807) is 0 Å². The first-order valence-corrected chi connectivity index (χ1v) is 7.06. The second-order valence-corrected chi connectivity index (χ2v) is 6.53. The molecule has 2 N–H and O–H groups in total. The summed E-state index contributed by atoms with van der Waals surface area (Å²) in [4.78, 5) is 0. The lowest BCUT2D eigenvalue weighted by molar-refractivity contribution is 0.431. The maximum Gasteiger partial charge on any atom is 0.134 e. The summed E-state index contributed by atoms with van der Waals surface area (Å²) in [6.45, 7) is 6.42. The third-order valence-corrected chi connectivity index (χ3v) is 3.52. The van der Waals surface area contributed by atoms with Crippen molar-refractivity contribution in [3.05, 3.63) is 46.4 Å². The van der Waals surface area contributed by atoms with Gasteiger partial charge < -0.3 is 14.9 Å². The van der Waals surface area contributed by atoms with Crippen molar-refractivity contribution >= 4 is 15.9 Å². The van der Waals surface area contributed by atoms with Gasteiger partial charge in [0.2, 0.25) is 0 Å². The lowest BCUT2D eigenvalue weighted by atomic mass is 9.87. The lowest BCUT2D eigenvalue weighted by Crippen LogP contribution is -2.11. The molecule has 0 unspecified atom stereocenters. The molecule has 0 saturated carbocycles. The number of benzene rings is 2. The highest BCUT2D eigenvalue weighted by Crippen LogP contribution is 2.35. The maximum absolute atomic E-state index is 9.43. The zero-order valence-electron chi connectivity index (χ0n) is 11.6. The number of hydrogen-bond donors (Lipinski definition) is 2. The fourth-order valence-electron chi connectivity index (χ4n) is 1.93. The molecule has 0 aromatic heterocycles. The predicted octanol–water partition coefficient (Wildman–Crippen LogP) is 4.95. The molecule has 20 heavy (non-hydrogen) atoms. The van der Waals surface area contributed by atoms with E-state index in [1.807, 2.05) is 18.2 Å². The first-order chi connectivity index (χ1) is 9.25. The number of halogens is 1. The Morgan fingerprint density at radius 2 is 1.50 bits per heavy atom. The Morgan fingerprint density at radius 3 is 2.00 bits per heavy atom. The van der Waals surface area contributed by atoms with Gasteiger partial charge in [0, 0.05) is 22.7 Å². The largest absolute Gasteiger partial charge is 0.508 e. The van der Waals surface area contributed by atoms with Gasteiger partial charge in [0.15, 0.2) is 0 Å². The van der Waals surface area contributed by atoms with Crippen LogP contribution in [-0.2, 0) is 5.41 Å². The third kappa shape index (κ3) is 3.45. The van der Waals surface area contributed by atoms with Crippen molar-refractivity contribution in [3.8, 4) is 23.0 Å². The highest BCUT2D eigenvalue weighted by molar-refractivity contribution is 9.10. The smallest absolute Gasteiger partial charge is 0.134 e. The Kier molecular flexibility index (Phi) is 3.95. The van der Waals surface area contributed by atoms with Crippen LogP contribution in [0.1, 0.15) is 26.3 Å². The quantitative estimate of drug-likeness (QED) is 0.815. The highest BCUT2D eigenvalue weighted by atomic mass is 79.9. The van der Waals surface area contributed by atoms with Gasteiger partial charge in [-0.3, -0.25) is 0 Å². The van der Waals surface area contributed by atoms with Crippen LogP contribution in [0.4, 0.5) is 0 Å². The molecule has 106 valence electrons. The second-order valence-electron chi connectivity index (χ2n) is 5.68. The molecule has 2 aromatic rings. The van der Waals surface area contributed by atoms with Gasteiger partial charge in [-0.1, -0.05) is 42.8 Å². The van der Waals surface area contributed by atoms with E-state index in [4.69, 9.17) is 4.74 Å². The summed E-state index contributed by atoms with van der Waals surface area (Å²) in [5, 5.41) is 18.9. The molecule has 3 nitrogen and oxygen atoms in total. The zero-order valence-corrected chi connectivity index (χ0v) is 13.2. The molecule has 0 aliphatic rings. The average Bonchev–Trinajstić information content (AvgIpc) is 2.25. The van der Waals surface area contributed by atoms with Gasteiger partial charge in [-0.15, -0.1) is 0 Å². The number of hydrogen-bond acceptors (Lipinski definition) is 3. The Bertz CT molecular complexity index is 610. The van der Waals surface area contributed by atoms with Gasteiger partial charge in [-0.25, -0.2) is 0 Å². The van der Waals surface area contributed by atoms with Crippen molar-refractivity contribution in [1.29, 1.82) is 0 Å². The van der Waals surface area contributed by atoms with E-state index in [0.717, 1.165) is 4.47 Å². The van der Waals surface area contributed by atoms with Crippen LogP contribution in [0.5, 0.6) is 23.0 Å². The van der Waals surface area contributed by atoms with Crippen LogP contribution in [0.15, 0.2) is 40.9 Å². The fraction of sp³-hybridized carbons (Fsp3) is 0.250. The lowest BCUT2D eigenvalue weighted by Gasteiger charge is -2.21. The van der Waals surface area contributed by atoms with Crippen LogP contribution in [0.25, 0.3) is 0 Å². The number of ether oxygens (including phenoxy) is 1. The summed E-state index contributed by atoms with van der Waals surface area (Å²) in [5.41, 5.74) is 1.23. The number of phenols is 2. The normalized spacial score (nSPS) is 11.4. The minimum absolute atomic E-state index is 0.0367. The molecule has 0 amide bonds. The van der Waals surface area contributed by atoms with E-state index < -0.39 is 0 Å². The first kappa shape index (κ1) is 14.7. The van der Waals surface area contributed by atoms with Crippen LogP contribution in [0.3, 0.4) is 0 Å². The molecule has 2 rings (SSSR count). The van der Waals surface area contributed by atoms with Gasteiger partial charge in [0.25, 0.3) is 0 Å². The predicted molar refractivity (Wildman–Crippen MR) is 82.7 cm³/mol. The molecule has 2 aromatic carbocycles. The topological polar surface area (TPSA) is 49.7 Å². The van der Waals surface area contributed by atoms with E-state index in [9.17, 15) is 10.2 Å². The highest BCUT2D eigenvalue weighted by Gasteiger charge is 2.17. The fourth-order valence-corrected chi connectivity index (χ4v) is 2.88. The monoisotopic (exact) mass is 336 g/mol. The number of phenolic OH excluding ortho intramolecular Hbond substituents is 2. The Morgan fingerprint density at radius 1 is 0.900 bits per heavy atom. The summed E-state index contributed by atoms with van der Waals surface area (Å²) in [7, 11) is 0. The van der Waals surface area contributed by atoms with Crippen LogP contribution in [-0.4, -0.2) is 10.2 Å². The van der Waals surface area contributed by atoms with Gasteiger partial charge in [-0.05, 0) is 23.1 Å². The average molecular weight is 337 g/mol. The van der Waals surface area contributed by atoms with E-state index in [1.165, 1.54) is 23.8 Å². The Balaban J connectivity index is 2.29. The molecular formula is C16H17BrO3. The van der Waals surface area contributed by atoms with Crippen molar-refractivity contribution in [2.45, 2.75) is 26.2 Å². The van der Waals surface area contributed by atoms with Crippen LogP contribution in [0, 0.1) is 0 Å². The SMILES string of the molecule is CC(C)(C)c1ccc(Oc2cc(O)cc(O)c2)cc1Br. The molecule has 0 aliphatic carbocycles. The maximum atomic E-state index is 9.43. The minimum Gasteiger partial charge on any atom is -0.508 e. The van der Waals surface area contributed by atoms with Gasteiger partial charge in [0.05, 0.1) is 0 Å². The molecule has 0 aliphatic heterocycles. The third-order valence-electron chi connectivity index (χ3n) is 2.86. The van der Waals surface area contributed by atoms with Crippen LogP contribution >= 0.6 is 15.9 Å². The minimum atomic E-state index is -0.0367. The molecule has 0 radical (unpaired) electrons. The molecule has 0 saturated heterocycles. The Labute approximate surface area is 127 Å². The van der Waals surface area contributed by atoms with E-state index in [-0.39, 0.29) is 16.9 Å². The standard InChI is InChI=1S/C16H17BrO3/c1-16(2,3)14-5-4-12(9-15(14)17)20-13-7-10(18)6-11(19)8-13/h4-9,18-19H,1-3H3. The van der Waals surface area contributed by atoms with Crippen molar-refractivity contribution in [2.75, 3.05) is 0 Å². The summed E-state index contributed by atoms with van der Waals surface area (Å²) in [6, 6.07) is 9.90. The van der Waals surface area contributed by atoms with Crippen molar-refractivity contribution in [2.24, 2.45) is 0 Å². The Hall–Kier alpha value is -1.68.